The van der Waals surface area contributed by atoms with Crippen LogP contribution in [0.3, 0.4) is 0 Å². The Bertz CT molecular complexity index is 1000. The zero-order valence-electron chi connectivity index (χ0n) is 16.0. The molecule has 0 saturated carbocycles. The molecule has 3 rings (SSSR count). The number of carbonyl (C=O) groups excluding carboxylic acids is 2. The molecule has 0 unspecified atom stereocenters. The normalized spacial score (nSPS) is 11.7. The maximum atomic E-state index is 13.9. The second kappa shape index (κ2) is 9.24. The molecule has 0 fully saturated rings. The number of hydrogen-bond donors (Lipinski definition) is 1. The topological polar surface area (TPSA) is 46.2 Å². The lowest BCUT2D eigenvalue weighted by atomic mass is 9.97. The Morgan fingerprint density at radius 1 is 0.931 bits per heavy atom. The maximum absolute atomic E-state index is 13.9. The van der Waals surface area contributed by atoms with Crippen LogP contribution in [0.4, 0.5) is 8.78 Å². The molecule has 1 atom stereocenters. The summed E-state index contributed by atoms with van der Waals surface area (Å²) in [6.07, 6.45) is 0.0743. The molecule has 3 aromatic carbocycles. The Hall–Kier alpha value is -3.34. The lowest BCUT2D eigenvalue weighted by Gasteiger charge is -2.12. The molecule has 0 radical (unpaired) electrons. The van der Waals surface area contributed by atoms with Gasteiger partial charge in [0.05, 0.1) is 0 Å². The summed E-state index contributed by atoms with van der Waals surface area (Å²) < 4.78 is 27.0. The molecule has 0 saturated heterocycles. The second-order valence-corrected chi connectivity index (χ2v) is 6.93. The average molecular weight is 393 g/mol. The van der Waals surface area contributed by atoms with E-state index in [1.165, 1.54) is 12.1 Å². The van der Waals surface area contributed by atoms with Crippen molar-refractivity contribution in [3.05, 3.63) is 95.6 Å². The van der Waals surface area contributed by atoms with Gasteiger partial charge in [0.1, 0.15) is 11.6 Å². The van der Waals surface area contributed by atoms with Gasteiger partial charge in [0, 0.05) is 36.1 Å². The number of hydrogen-bond acceptors (Lipinski definition) is 2. The van der Waals surface area contributed by atoms with Gasteiger partial charge in [-0.05, 0) is 23.3 Å². The van der Waals surface area contributed by atoms with Crippen molar-refractivity contribution in [2.45, 2.75) is 19.9 Å². The summed E-state index contributed by atoms with van der Waals surface area (Å²) in [4.78, 5) is 24.7. The van der Waals surface area contributed by atoms with Crippen molar-refractivity contribution < 1.29 is 18.4 Å². The zero-order chi connectivity index (χ0) is 20.8. The van der Waals surface area contributed by atoms with E-state index in [0.29, 0.717) is 17.7 Å². The minimum atomic E-state index is -0.659. The molecule has 5 heteroatoms. The highest BCUT2D eigenvalue weighted by Gasteiger charge is 2.18. The quantitative estimate of drug-likeness (QED) is 0.564. The van der Waals surface area contributed by atoms with E-state index < -0.39 is 17.6 Å². The molecule has 1 amide bonds. The van der Waals surface area contributed by atoms with E-state index in [9.17, 15) is 18.4 Å². The Morgan fingerprint density at radius 2 is 1.62 bits per heavy atom. The van der Waals surface area contributed by atoms with Crippen molar-refractivity contribution in [3.63, 3.8) is 0 Å². The van der Waals surface area contributed by atoms with Gasteiger partial charge < -0.3 is 5.32 Å². The Kier molecular flexibility index (Phi) is 6.50. The summed E-state index contributed by atoms with van der Waals surface area (Å²) >= 11 is 0. The van der Waals surface area contributed by atoms with Crippen molar-refractivity contribution in [1.82, 2.24) is 5.32 Å². The predicted octanol–water partition coefficient (Wildman–Crippen LogP) is 5.16. The fourth-order valence-corrected chi connectivity index (χ4v) is 3.01. The monoisotopic (exact) mass is 393 g/mol. The molecule has 0 aliphatic heterocycles. The number of benzene rings is 3. The lowest BCUT2D eigenvalue weighted by Crippen LogP contribution is -2.30. The van der Waals surface area contributed by atoms with E-state index in [4.69, 9.17) is 0 Å². The minimum Gasteiger partial charge on any atom is -0.352 e. The van der Waals surface area contributed by atoms with Gasteiger partial charge in [-0.25, -0.2) is 8.78 Å². The van der Waals surface area contributed by atoms with Crippen molar-refractivity contribution >= 4 is 11.7 Å². The summed E-state index contributed by atoms with van der Waals surface area (Å²) in [6.45, 7) is 2.12. The molecular weight excluding hydrogens is 372 g/mol. The van der Waals surface area contributed by atoms with Gasteiger partial charge in [-0.1, -0.05) is 61.5 Å². The van der Waals surface area contributed by atoms with E-state index in [0.717, 1.165) is 11.6 Å². The fraction of sp³-hybridized carbons (Fsp3) is 0.167. The van der Waals surface area contributed by atoms with E-state index in [1.807, 2.05) is 30.3 Å². The third-order valence-electron chi connectivity index (χ3n) is 4.70. The Morgan fingerprint density at radius 3 is 2.28 bits per heavy atom. The standard InChI is InChI=1S/C24H21F2NO2/c1-16(24(29)27-15-17-5-3-2-4-6-17)13-23(28)19-9-7-18(8-10-19)21-12-11-20(25)14-22(21)26/h2-12,14,16H,13,15H2,1H3,(H,27,29)/t16-/m1/s1. The summed E-state index contributed by atoms with van der Waals surface area (Å²) in [6, 6.07) is 19.3. The average Bonchev–Trinajstić information content (AvgIpc) is 2.73. The first-order valence-corrected chi connectivity index (χ1v) is 9.34. The molecular formula is C24H21F2NO2. The van der Waals surface area contributed by atoms with Crippen LogP contribution in [0.25, 0.3) is 11.1 Å². The zero-order valence-corrected chi connectivity index (χ0v) is 16.0. The number of Topliss-reactive ketones (excluding diaryl/α,β-unsaturated/α-hetero) is 1. The van der Waals surface area contributed by atoms with E-state index >= 15 is 0 Å². The molecule has 0 aromatic heterocycles. The van der Waals surface area contributed by atoms with Crippen LogP contribution in [0.1, 0.15) is 29.3 Å². The van der Waals surface area contributed by atoms with Gasteiger partial charge in [0.25, 0.3) is 0 Å². The van der Waals surface area contributed by atoms with Gasteiger partial charge in [0.15, 0.2) is 5.78 Å². The number of nitrogens with one attached hydrogen (secondary N) is 1. The number of rotatable bonds is 7. The SMILES string of the molecule is C[C@H](CC(=O)c1ccc(-c2ccc(F)cc2F)cc1)C(=O)NCc1ccccc1. The molecule has 0 spiro atoms. The predicted molar refractivity (Wildman–Crippen MR) is 108 cm³/mol. The Labute approximate surface area is 168 Å². The maximum Gasteiger partial charge on any atom is 0.223 e. The van der Waals surface area contributed by atoms with Crippen molar-refractivity contribution in [2.24, 2.45) is 5.92 Å². The number of halogens is 2. The van der Waals surface area contributed by atoms with Crippen molar-refractivity contribution in [1.29, 1.82) is 0 Å². The van der Waals surface area contributed by atoms with E-state index in [-0.39, 0.29) is 23.7 Å². The van der Waals surface area contributed by atoms with Crippen LogP contribution in [0.5, 0.6) is 0 Å². The number of carbonyl (C=O) groups is 2. The number of ketones is 1. The van der Waals surface area contributed by atoms with Crippen LogP contribution in [0, 0.1) is 17.6 Å². The molecule has 3 aromatic rings. The molecule has 0 bridgehead atoms. The smallest absolute Gasteiger partial charge is 0.223 e. The van der Waals surface area contributed by atoms with Crippen LogP contribution in [0.15, 0.2) is 72.8 Å². The first-order chi connectivity index (χ1) is 13.9. The van der Waals surface area contributed by atoms with Gasteiger partial charge >= 0.3 is 0 Å². The molecule has 0 aliphatic rings. The van der Waals surface area contributed by atoms with E-state index in [1.54, 1.807) is 31.2 Å². The van der Waals surface area contributed by atoms with Gasteiger partial charge in [-0.3, -0.25) is 9.59 Å². The largest absolute Gasteiger partial charge is 0.352 e. The summed E-state index contributed by atoms with van der Waals surface area (Å²) in [7, 11) is 0. The summed E-state index contributed by atoms with van der Waals surface area (Å²) in [5, 5.41) is 2.83. The van der Waals surface area contributed by atoms with Crippen molar-refractivity contribution in [2.75, 3.05) is 0 Å². The highest BCUT2D eigenvalue weighted by Crippen LogP contribution is 2.24. The van der Waals surface area contributed by atoms with Crippen LogP contribution < -0.4 is 5.32 Å². The van der Waals surface area contributed by atoms with Crippen LogP contribution in [0.2, 0.25) is 0 Å². The fourth-order valence-electron chi connectivity index (χ4n) is 3.01. The van der Waals surface area contributed by atoms with Gasteiger partial charge in [-0.15, -0.1) is 0 Å². The van der Waals surface area contributed by atoms with Crippen LogP contribution >= 0.6 is 0 Å². The summed E-state index contributed by atoms with van der Waals surface area (Å²) in [5.74, 6) is -2.13. The van der Waals surface area contributed by atoms with Crippen LogP contribution in [-0.4, -0.2) is 11.7 Å². The molecule has 1 N–H and O–H groups in total. The summed E-state index contributed by atoms with van der Waals surface area (Å²) in [5.41, 5.74) is 2.24. The van der Waals surface area contributed by atoms with Gasteiger partial charge in [0.2, 0.25) is 5.91 Å². The lowest BCUT2D eigenvalue weighted by molar-refractivity contribution is -0.124. The molecule has 3 nitrogen and oxygen atoms in total. The van der Waals surface area contributed by atoms with Crippen LogP contribution in [-0.2, 0) is 11.3 Å². The van der Waals surface area contributed by atoms with Gasteiger partial charge in [-0.2, -0.15) is 0 Å². The first-order valence-electron chi connectivity index (χ1n) is 9.34. The molecule has 29 heavy (non-hydrogen) atoms. The first kappa shape index (κ1) is 20.4. The third kappa shape index (κ3) is 5.35. The van der Waals surface area contributed by atoms with Crippen molar-refractivity contribution in [3.8, 4) is 11.1 Å². The molecule has 0 aliphatic carbocycles. The second-order valence-electron chi connectivity index (χ2n) is 6.93. The third-order valence-corrected chi connectivity index (χ3v) is 4.70. The molecule has 0 heterocycles. The minimum absolute atomic E-state index is 0.0743. The highest BCUT2D eigenvalue weighted by molar-refractivity contribution is 5.98. The van der Waals surface area contributed by atoms with E-state index in [2.05, 4.69) is 5.32 Å². The Balaban J connectivity index is 1.59. The highest BCUT2D eigenvalue weighted by atomic mass is 19.1. The number of amides is 1. The molecule has 148 valence electrons.